The number of benzene rings is 1. The monoisotopic (exact) mass is 235 g/mol. The molecule has 0 aromatic heterocycles. The topological polar surface area (TPSA) is 52.3 Å². The average molecular weight is 235 g/mol. The van der Waals surface area contributed by atoms with Crippen LogP contribution in [0.3, 0.4) is 0 Å². The van der Waals surface area contributed by atoms with Gasteiger partial charge in [0.05, 0.1) is 12.7 Å². The number of aryl methyl sites for hydroxylation is 1. The lowest BCUT2D eigenvalue weighted by Gasteiger charge is -2.08. The van der Waals surface area contributed by atoms with E-state index >= 15 is 0 Å². The first-order valence-corrected chi connectivity index (χ1v) is 6.07. The fourth-order valence-electron chi connectivity index (χ4n) is 1.78. The molecule has 0 unspecified atom stereocenters. The zero-order chi connectivity index (χ0) is 12.7. The highest BCUT2D eigenvalue weighted by molar-refractivity contribution is 5.98. The van der Waals surface area contributed by atoms with Gasteiger partial charge >= 0.3 is 0 Å². The largest absolute Gasteiger partial charge is 0.496 e. The molecule has 1 rings (SSSR count). The van der Waals surface area contributed by atoms with E-state index in [1.54, 1.807) is 7.11 Å². The van der Waals surface area contributed by atoms with Gasteiger partial charge in [-0.05, 0) is 38.4 Å². The molecule has 1 aromatic carbocycles. The Bertz CT molecular complexity index is 374. The molecular weight excluding hydrogens is 214 g/mol. The number of hydrogen-bond acceptors (Lipinski definition) is 3. The smallest absolute Gasteiger partial charge is 0.166 e. The van der Waals surface area contributed by atoms with Crippen LogP contribution in [0.25, 0.3) is 0 Å². The second kappa shape index (κ2) is 7.07. The summed E-state index contributed by atoms with van der Waals surface area (Å²) in [5.74, 6) is 0.821. The predicted octanol–water partition coefficient (Wildman–Crippen LogP) is 2.71. The Kier molecular flexibility index (Phi) is 5.70. The number of nitrogens with two attached hydrogens (primary N) is 1. The molecule has 0 saturated heterocycles. The van der Waals surface area contributed by atoms with Crippen molar-refractivity contribution in [1.82, 2.24) is 0 Å². The lowest BCUT2D eigenvalue weighted by molar-refractivity contribution is 0.0976. The van der Waals surface area contributed by atoms with Crippen molar-refractivity contribution in [3.63, 3.8) is 0 Å². The molecule has 0 saturated carbocycles. The normalized spacial score (nSPS) is 10.3. The Balaban J connectivity index is 2.64. The Morgan fingerprint density at radius 3 is 2.71 bits per heavy atom. The molecular formula is C14H21NO2. The van der Waals surface area contributed by atoms with Crippen molar-refractivity contribution in [2.75, 3.05) is 13.7 Å². The van der Waals surface area contributed by atoms with Crippen molar-refractivity contribution in [3.8, 4) is 5.75 Å². The second-order valence-electron chi connectivity index (χ2n) is 4.23. The van der Waals surface area contributed by atoms with E-state index in [9.17, 15) is 4.79 Å². The molecule has 1 aromatic rings. The number of Topliss-reactive ketones (excluding diaryl/α,β-unsaturated/α-hetero) is 1. The summed E-state index contributed by atoms with van der Waals surface area (Å²) in [6, 6.07) is 5.69. The van der Waals surface area contributed by atoms with Crippen LogP contribution in [-0.4, -0.2) is 19.4 Å². The second-order valence-corrected chi connectivity index (χ2v) is 4.23. The molecule has 0 heterocycles. The molecule has 0 atom stereocenters. The van der Waals surface area contributed by atoms with Gasteiger partial charge in [0, 0.05) is 6.42 Å². The zero-order valence-corrected chi connectivity index (χ0v) is 10.7. The third kappa shape index (κ3) is 4.19. The van der Waals surface area contributed by atoms with Crippen molar-refractivity contribution in [3.05, 3.63) is 29.3 Å². The molecule has 3 heteroatoms. The SMILES string of the molecule is COc1ccc(C)cc1C(=O)CCCCCN. The van der Waals surface area contributed by atoms with Gasteiger partial charge in [-0.15, -0.1) is 0 Å². The third-order valence-corrected chi connectivity index (χ3v) is 2.76. The molecule has 0 bridgehead atoms. The van der Waals surface area contributed by atoms with E-state index in [0.717, 1.165) is 24.8 Å². The van der Waals surface area contributed by atoms with Crippen molar-refractivity contribution >= 4 is 5.78 Å². The highest BCUT2D eigenvalue weighted by Gasteiger charge is 2.11. The van der Waals surface area contributed by atoms with E-state index in [0.29, 0.717) is 24.3 Å². The number of ketones is 1. The lowest BCUT2D eigenvalue weighted by Crippen LogP contribution is -2.04. The first-order chi connectivity index (χ1) is 8.19. The van der Waals surface area contributed by atoms with E-state index in [1.807, 2.05) is 25.1 Å². The van der Waals surface area contributed by atoms with Gasteiger partial charge in [0.15, 0.2) is 5.78 Å². The number of rotatable bonds is 7. The summed E-state index contributed by atoms with van der Waals surface area (Å²) in [6.07, 6.45) is 3.46. The fraction of sp³-hybridized carbons (Fsp3) is 0.500. The molecule has 2 N–H and O–H groups in total. The van der Waals surface area contributed by atoms with Crippen LogP contribution in [0.4, 0.5) is 0 Å². The van der Waals surface area contributed by atoms with Crippen molar-refractivity contribution in [2.24, 2.45) is 5.73 Å². The van der Waals surface area contributed by atoms with Gasteiger partial charge < -0.3 is 10.5 Å². The van der Waals surface area contributed by atoms with Crippen LogP contribution in [0.5, 0.6) is 5.75 Å². The maximum absolute atomic E-state index is 12.0. The number of carbonyl (C=O) groups is 1. The average Bonchev–Trinajstić information content (AvgIpc) is 2.34. The number of hydrogen-bond donors (Lipinski definition) is 1. The standard InChI is InChI=1S/C14H21NO2/c1-11-7-8-14(17-2)12(10-11)13(16)6-4-3-5-9-15/h7-8,10H,3-6,9,15H2,1-2H3. The van der Waals surface area contributed by atoms with Crippen molar-refractivity contribution < 1.29 is 9.53 Å². The molecule has 0 radical (unpaired) electrons. The quantitative estimate of drug-likeness (QED) is 0.584. The third-order valence-electron chi connectivity index (χ3n) is 2.76. The van der Waals surface area contributed by atoms with Gasteiger partial charge in [-0.3, -0.25) is 4.79 Å². The summed E-state index contributed by atoms with van der Waals surface area (Å²) < 4.78 is 5.21. The van der Waals surface area contributed by atoms with Crippen molar-refractivity contribution in [2.45, 2.75) is 32.6 Å². The maximum Gasteiger partial charge on any atom is 0.166 e. The first kappa shape index (κ1) is 13.7. The maximum atomic E-state index is 12.0. The molecule has 94 valence electrons. The van der Waals surface area contributed by atoms with Gasteiger partial charge in [0.2, 0.25) is 0 Å². The minimum Gasteiger partial charge on any atom is -0.496 e. The van der Waals surface area contributed by atoms with Crippen LogP contribution in [-0.2, 0) is 0 Å². The molecule has 17 heavy (non-hydrogen) atoms. The van der Waals surface area contributed by atoms with Crippen LogP contribution in [0, 0.1) is 6.92 Å². The molecule has 0 aliphatic heterocycles. The molecule has 0 amide bonds. The Hall–Kier alpha value is -1.35. The zero-order valence-electron chi connectivity index (χ0n) is 10.7. The summed E-state index contributed by atoms with van der Waals surface area (Å²) in [6.45, 7) is 2.67. The van der Waals surface area contributed by atoms with Crippen LogP contribution in [0.1, 0.15) is 41.6 Å². The highest BCUT2D eigenvalue weighted by atomic mass is 16.5. The van der Waals surface area contributed by atoms with Crippen LogP contribution >= 0.6 is 0 Å². The molecule has 0 fully saturated rings. The molecule has 0 aliphatic carbocycles. The molecule has 0 aliphatic rings. The highest BCUT2D eigenvalue weighted by Crippen LogP contribution is 2.22. The van der Waals surface area contributed by atoms with E-state index in [-0.39, 0.29) is 5.78 Å². The summed E-state index contributed by atoms with van der Waals surface area (Å²) in [4.78, 5) is 12.0. The summed E-state index contributed by atoms with van der Waals surface area (Å²) in [7, 11) is 1.59. The number of unbranched alkanes of at least 4 members (excludes halogenated alkanes) is 2. The Morgan fingerprint density at radius 2 is 2.06 bits per heavy atom. The van der Waals surface area contributed by atoms with E-state index in [2.05, 4.69) is 0 Å². The molecule has 3 nitrogen and oxygen atoms in total. The first-order valence-electron chi connectivity index (χ1n) is 6.07. The number of ether oxygens (including phenoxy) is 1. The Morgan fingerprint density at radius 1 is 1.29 bits per heavy atom. The summed E-state index contributed by atoms with van der Waals surface area (Å²) in [5.41, 5.74) is 7.19. The minimum absolute atomic E-state index is 0.155. The van der Waals surface area contributed by atoms with Crippen LogP contribution in [0.15, 0.2) is 18.2 Å². The summed E-state index contributed by atoms with van der Waals surface area (Å²) >= 11 is 0. The minimum atomic E-state index is 0.155. The van der Waals surface area contributed by atoms with Gasteiger partial charge in [-0.2, -0.15) is 0 Å². The van der Waals surface area contributed by atoms with Gasteiger partial charge in [0.25, 0.3) is 0 Å². The van der Waals surface area contributed by atoms with E-state index in [1.165, 1.54) is 0 Å². The predicted molar refractivity (Wildman–Crippen MR) is 69.6 cm³/mol. The van der Waals surface area contributed by atoms with E-state index in [4.69, 9.17) is 10.5 Å². The summed E-state index contributed by atoms with van der Waals surface area (Å²) in [5, 5.41) is 0. The fourth-order valence-corrected chi connectivity index (χ4v) is 1.78. The van der Waals surface area contributed by atoms with Crippen molar-refractivity contribution in [1.29, 1.82) is 0 Å². The Labute approximate surface area is 103 Å². The van der Waals surface area contributed by atoms with Gasteiger partial charge in [0.1, 0.15) is 5.75 Å². The van der Waals surface area contributed by atoms with Gasteiger partial charge in [-0.1, -0.05) is 18.1 Å². The van der Waals surface area contributed by atoms with Gasteiger partial charge in [-0.25, -0.2) is 0 Å². The van der Waals surface area contributed by atoms with E-state index < -0.39 is 0 Å². The van der Waals surface area contributed by atoms with Crippen LogP contribution < -0.4 is 10.5 Å². The number of carbonyl (C=O) groups excluding carboxylic acids is 1. The number of methoxy groups -OCH3 is 1. The molecule has 0 spiro atoms. The lowest BCUT2D eigenvalue weighted by atomic mass is 10.0. The van der Waals surface area contributed by atoms with Crippen LogP contribution in [0.2, 0.25) is 0 Å².